The molecule has 1 N–H and O–H groups in total. The molecule has 0 aromatic heterocycles. The summed E-state index contributed by atoms with van der Waals surface area (Å²) in [7, 11) is 1.35. The van der Waals surface area contributed by atoms with Gasteiger partial charge in [0.05, 0.1) is 7.11 Å². The van der Waals surface area contributed by atoms with Crippen molar-refractivity contribution in [3.8, 4) is 11.5 Å². The number of aromatic hydroxyl groups is 1. The van der Waals surface area contributed by atoms with Gasteiger partial charge in [0.1, 0.15) is 18.2 Å². The lowest BCUT2D eigenvalue weighted by atomic mass is 10.0. The zero-order valence-corrected chi connectivity index (χ0v) is 12.7. The number of halogens is 2. The summed E-state index contributed by atoms with van der Waals surface area (Å²) in [4.78, 5) is 10.8. The maximum atomic E-state index is 14.1. The fraction of sp³-hybridized carbons (Fsp3) is 0.235. The Bertz CT molecular complexity index is 706. The molecule has 0 saturated heterocycles. The van der Waals surface area contributed by atoms with Gasteiger partial charge < -0.3 is 14.6 Å². The third-order valence-corrected chi connectivity index (χ3v) is 3.27. The van der Waals surface area contributed by atoms with E-state index in [4.69, 9.17) is 9.47 Å². The summed E-state index contributed by atoms with van der Waals surface area (Å²) >= 11 is 0. The predicted octanol–water partition coefficient (Wildman–Crippen LogP) is 3.33. The van der Waals surface area contributed by atoms with Crippen LogP contribution in [0.25, 0.3) is 0 Å². The molecule has 2 aromatic rings. The minimum Gasteiger partial charge on any atom is -0.508 e. The van der Waals surface area contributed by atoms with Gasteiger partial charge >= 0.3 is 5.97 Å². The Hall–Kier alpha value is -2.63. The molecule has 4 nitrogen and oxygen atoms in total. The van der Waals surface area contributed by atoms with Crippen molar-refractivity contribution >= 4 is 5.97 Å². The largest absolute Gasteiger partial charge is 0.508 e. The molecule has 0 aliphatic heterocycles. The van der Waals surface area contributed by atoms with Gasteiger partial charge in [-0.05, 0) is 35.4 Å². The highest BCUT2D eigenvalue weighted by atomic mass is 19.1. The minimum atomic E-state index is -0.650. The van der Waals surface area contributed by atoms with Gasteiger partial charge in [-0.1, -0.05) is 6.07 Å². The van der Waals surface area contributed by atoms with Crippen LogP contribution in [0.1, 0.15) is 23.6 Å². The summed E-state index contributed by atoms with van der Waals surface area (Å²) in [6.07, 6.45) is 0.0203. The monoisotopic (exact) mass is 322 g/mol. The van der Waals surface area contributed by atoms with Crippen molar-refractivity contribution in [3.63, 3.8) is 0 Å². The lowest BCUT2D eigenvalue weighted by molar-refractivity contribution is -0.142. The Morgan fingerprint density at radius 1 is 1.13 bits per heavy atom. The van der Waals surface area contributed by atoms with Gasteiger partial charge in [0, 0.05) is 18.9 Å². The molecule has 0 atom stereocenters. The summed E-state index contributed by atoms with van der Waals surface area (Å²) in [5.41, 5.74) is 0.867. The summed E-state index contributed by atoms with van der Waals surface area (Å²) < 4.78 is 37.4. The van der Waals surface area contributed by atoms with Crippen molar-refractivity contribution in [2.45, 2.75) is 20.0 Å². The standard InChI is InChI=1S/C17H16F2O4/c1-10(20)23-9-12-7-14(18)13(16(21)8-12)5-11-3-4-17(22-2)15(19)6-11/h3-4,6-8,21H,5,9H2,1-2H3. The first-order valence-corrected chi connectivity index (χ1v) is 6.86. The molecule has 0 bridgehead atoms. The number of methoxy groups -OCH3 is 1. The van der Waals surface area contributed by atoms with Crippen molar-refractivity contribution in [1.29, 1.82) is 0 Å². The molecule has 0 unspecified atom stereocenters. The second kappa shape index (κ2) is 7.09. The van der Waals surface area contributed by atoms with Crippen molar-refractivity contribution in [2.24, 2.45) is 0 Å². The Labute approximate surface area is 132 Å². The van der Waals surface area contributed by atoms with Gasteiger partial charge in [-0.25, -0.2) is 8.78 Å². The number of ether oxygens (including phenoxy) is 2. The molecule has 0 amide bonds. The maximum Gasteiger partial charge on any atom is 0.302 e. The molecule has 6 heteroatoms. The quantitative estimate of drug-likeness (QED) is 0.858. The molecule has 122 valence electrons. The minimum absolute atomic E-state index is 0.0203. The van der Waals surface area contributed by atoms with Gasteiger partial charge in [0.25, 0.3) is 0 Å². The van der Waals surface area contributed by atoms with Gasteiger partial charge in [-0.2, -0.15) is 0 Å². The number of phenolic OH excluding ortho intramolecular Hbond substituents is 1. The van der Waals surface area contributed by atoms with E-state index in [-0.39, 0.29) is 30.1 Å². The number of hydrogen-bond donors (Lipinski definition) is 1. The topological polar surface area (TPSA) is 55.8 Å². The first-order chi connectivity index (χ1) is 10.9. The van der Waals surface area contributed by atoms with E-state index in [1.165, 1.54) is 38.3 Å². The summed E-state index contributed by atoms with van der Waals surface area (Å²) in [5.74, 6) is -1.89. The maximum absolute atomic E-state index is 14.1. The van der Waals surface area contributed by atoms with Crippen molar-refractivity contribution in [3.05, 3.63) is 58.7 Å². The van der Waals surface area contributed by atoms with E-state index in [0.717, 1.165) is 0 Å². The molecule has 23 heavy (non-hydrogen) atoms. The zero-order chi connectivity index (χ0) is 17.0. The molecule has 0 spiro atoms. The van der Waals surface area contributed by atoms with Crippen LogP contribution in [0.5, 0.6) is 11.5 Å². The molecule has 0 fully saturated rings. The molecule has 0 heterocycles. The number of carbonyl (C=O) groups is 1. The van der Waals surface area contributed by atoms with Crippen LogP contribution in [0.2, 0.25) is 0 Å². The molecule has 0 aliphatic rings. The van der Waals surface area contributed by atoms with Crippen molar-refractivity contribution in [2.75, 3.05) is 7.11 Å². The van der Waals surface area contributed by atoms with Crippen molar-refractivity contribution < 1.29 is 28.2 Å². The van der Waals surface area contributed by atoms with Crippen LogP contribution < -0.4 is 4.74 Å². The Balaban J connectivity index is 2.23. The van der Waals surface area contributed by atoms with Crippen LogP contribution in [0.4, 0.5) is 8.78 Å². The van der Waals surface area contributed by atoms with Crippen LogP contribution in [-0.2, 0) is 22.6 Å². The van der Waals surface area contributed by atoms with E-state index >= 15 is 0 Å². The van der Waals surface area contributed by atoms with E-state index in [0.29, 0.717) is 11.1 Å². The number of carbonyl (C=O) groups excluding carboxylic acids is 1. The van der Waals surface area contributed by atoms with Crippen LogP contribution in [0, 0.1) is 11.6 Å². The second-order valence-electron chi connectivity index (χ2n) is 5.00. The Morgan fingerprint density at radius 3 is 2.39 bits per heavy atom. The average Bonchev–Trinajstić information content (AvgIpc) is 2.49. The lowest BCUT2D eigenvalue weighted by Gasteiger charge is -2.10. The lowest BCUT2D eigenvalue weighted by Crippen LogP contribution is -2.01. The van der Waals surface area contributed by atoms with E-state index in [2.05, 4.69) is 0 Å². The number of rotatable bonds is 5. The van der Waals surface area contributed by atoms with E-state index in [9.17, 15) is 18.7 Å². The molecule has 0 saturated carbocycles. The van der Waals surface area contributed by atoms with Crippen LogP contribution >= 0.6 is 0 Å². The van der Waals surface area contributed by atoms with Gasteiger partial charge in [0.2, 0.25) is 0 Å². The van der Waals surface area contributed by atoms with Crippen LogP contribution in [0.15, 0.2) is 30.3 Å². The smallest absolute Gasteiger partial charge is 0.302 e. The van der Waals surface area contributed by atoms with E-state index < -0.39 is 17.6 Å². The Kier molecular flexibility index (Phi) is 5.16. The number of hydrogen-bond acceptors (Lipinski definition) is 4. The van der Waals surface area contributed by atoms with Crippen LogP contribution in [-0.4, -0.2) is 18.2 Å². The molecule has 0 aliphatic carbocycles. The SMILES string of the molecule is COc1ccc(Cc2c(O)cc(COC(C)=O)cc2F)cc1F. The fourth-order valence-corrected chi connectivity index (χ4v) is 2.14. The van der Waals surface area contributed by atoms with Gasteiger partial charge in [-0.3, -0.25) is 4.79 Å². The normalized spacial score (nSPS) is 10.4. The fourth-order valence-electron chi connectivity index (χ4n) is 2.14. The highest BCUT2D eigenvalue weighted by Crippen LogP contribution is 2.27. The Morgan fingerprint density at radius 2 is 1.83 bits per heavy atom. The average molecular weight is 322 g/mol. The zero-order valence-electron chi connectivity index (χ0n) is 12.7. The molecular formula is C17H16F2O4. The van der Waals surface area contributed by atoms with E-state index in [1.54, 1.807) is 6.07 Å². The first kappa shape index (κ1) is 16.7. The summed E-state index contributed by atoms with van der Waals surface area (Å²) in [6, 6.07) is 6.76. The molecular weight excluding hydrogens is 306 g/mol. The number of esters is 1. The highest BCUT2D eigenvalue weighted by Gasteiger charge is 2.13. The van der Waals surface area contributed by atoms with E-state index in [1.807, 2.05) is 0 Å². The third-order valence-electron chi connectivity index (χ3n) is 3.27. The number of benzene rings is 2. The highest BCUT2D eigenvalue weighted by molar-refractivity contribution is 5.65. The second-order valence-corrected chi connectivity index (χ2v) is 5.00. The molecule has 2 aromatic carbocycles. The van der Waals surface area contributed by atoms with Crippen LogP contribution in [0.3, 0.4) is 0 Å². The molecule has 0 radical (unpaired) electrons. The third kappa shape index (κ3) is 4.18. The molecule has 2 rings (SSSR count). The van der Waals surface area contributed by atoms with Gasteiger partial charge in [0.15, 0.2) is 11.6 Å². The number of phenols is 1. The summed E-state index contributed by atoms with van der Waals surface area (Å²) in [6.45, 7) is 1.11. The van der Waals surface area contributed by atoms with Gasteiger partial charge in [-0.15, -0.1) is 0 Å². The summed E-state index contributed by atoms with van der Waals surface area (Å²) in [5, 5.41) is 9.97. The predicted molar refractivity (Wildman–Crippen MR) is 79.3 cm³/mol. The first-order valence-electron chi connectivity index (χ1n) is 6.86. The van der Waals surface area contributed by atoms with Crippen molar-refractivity contribution in [1.82, 2.24) is 0 Å².